The van der Waals surface area contributed by atoms with Crippen molar-refractivity contribution in [3.8, 4) is 0 Å². The minimum atomic E-state index is 0.713. The summed E-state index contributed by atoms with van der Waals surface area (Å²) in [6.07, 6.45) is 1.67. The summed E-state index contributed by atoms with van der Waals surface area (Å²) in [6, 6.07) is 0. The highest BCUT2D eigenvalue weighted by Gasteiger charge is 2.00. The number of anilines is 1. The maximum atomic E-state index is 10.2. The van der Waals surface area contributed by atoms with Gasteiger partial charge in [-0.15, -0.1) is 11.3 Å². The van der Waals surface area contributed by atoms with E-state index in [1.165, 1.54) is 5.56 Å². The molecule has 1 aromatic rings. The third kappa shape index (κ3) is 2.32. The topological polar surface area (TPSA) is 41.1 Å². The van der Waals surface area contributed by atoms with E-state index in [2.05, 4.69) is 16.0 Å². The van der Waals surface area contributed by atoms with Gasteiger partial charge >= 0.3 is 0 Å². The molecule has 0 aliphatic heterocycles. The van der Waals surface area contributed by atoms with Crippen LogP contribution in [-0.4, -0.2) is 20.0 Å². The molecule has 0 aromatic carbocycles. The highest BCUT2D eigenvalue weighted by molar-refractivity contribution is 7.08. The molecule has 4 heteroatoms. The number of carbonyl (C=O) groups is 1. The average molecular weight is 184 g/mol. The molecule has 1 heterocycles. The monoisotopic (exact) mass is 184 g/mol. The SMILES string of the molecule is CNCCc1cscc1NC=O. The number of carbonyl (C=O) groups excluding carboxylic acids is 1. The standard InChI is InChI=1S/C8H12N2OS/c1-9-3-2-7-4-12-5-8(7)10-6-11/h4-6,9H,2-3H2,1H3,(H,10,11). The molecule has 0 unspecified atom stereocenters. The zero-order valence-electron chi connectivity index (χ0n) is 6.96. The minimum absolute atomic E-state index is 0.713. The van der Waals surface area contributed by atoms with Crippen molar-refractivity contribution >= 4 is 23.4 Å². The van der Waals surface area contributed by atoms with E-state index in [-0.39, 0.29) is 0 Å². The third-order valence-electron chi connectivity index (χ3n) is 1.60. The molecule has 0 saturated carbocycles. The first-order valence-electron chi connectivity index (χ1n) is 3.78. The largest absolute Gasteiger partial charge is 0.328 e. The first kappa shape index (κ1) is 9.22. The summed E-state index contributed by atoms with van der Waals surface area (Å²) in [6.45, 7) is 0.935. The molecule has 66 valence electrons. The van der Waals surface area contributed by atoms with Crippen molar-refractivity contribution < 1.29 is 4.79 Å². The van der Waals surface area contributed by atoms with E-state index < -0.39 is 0 Å². The van der Waals surface area contributed by atoms with E-state index in [9.17, 15) is 4.79 Å². The molecule has 1 rings (SSSR count). The van der Waals surface area contributed by atoms with Gasteiger partial charge in [0.1, 0.15) is 0 Å². The Hall–Kier alpha value is -0.870. The average Bonchev–Trinajstić information content (AvgIpc) is 2.50. The maximum absolute atomic E-state index is 10.2. The summed E-state index contributed by atoms with van der Waals surface area (Å²) >= 11 is 1.61. The first-order valence-corrected chi connectivity index (χ1v) is 4.72. The van der Waals surface area contributed by atoms with Crippen LogP contribution in [0, 0.1) is 0 Å². The van der Waals surface area contributed by atoms with Gasteiger partial charge in [0.2, 0.25) is 6.41 Å². The summed E-state index contributed by atoms with van der Waals surface area (Å²) in [5.41, 5.74) is 2.13. The van der Waals surface area contributed by atoms with Crippen molar-refractivity contribution in [1.29, 1.82) is 0 Å². The molecule has 2 N–H and O–H groups in total. The van der Waals surface area contributed by atoms with E-state index >= 15 is 0 Å². The summed E-state index contributed by atoms with van der Waals surface area (Å²) in [4.78, 5) is 10.2. The van der Waals surface area contributed by atoms with Crippen LogP contribution in [0.1, 0.15) is 5.56 Å². The van der Waals surface area contributed by atoms with Crippen LogP contribution in [0.2, 0.25) is 0 Å². The number of likely N-dealkylation sites (N-methyl/N-ethyl adjacent to an activating group) is 1. The Kier molecular flexibility index (Phi) is 3.76. The van der Waals surface area contributed by atoms with Crippen LogP contribution in [0.5, 0.6) is 0 Å². The van der Waals surface area contributed by atoms with Crippen LogP contribution in [-0.2, 0) is 11.2 Å². The highest BCUT2D eigenvalue weighted by atomic mass is 32.1. The molecule has 0 aliphatic rings. The molecule has 3 nitrogen and oxygen atoms in total. The quantitative estimate of drug-likeness (QED) is 0.672. The molecule has 12 heavy (non-hydrogen) atoms. The summed E-state index contributed by atoms with van der Waals surface area (Å²) in [5.74, 6) is 0. The van der Waals surface area contributed by atoms with Gasteiger partial charge in [0.05, 0.1) is 5.69 Å². The Morgan fingerprint density at radius 3 is 3.08 bits per heavy atom. The maximum Gasteiger partial charge on any atom is 0.211 e. The second kappa shape index (κ2) is 4.90. The van der Waals surface area contributed by atoms with Gasteiger partial charge in [0, 0.05) is 5.38 Å². The van der Waals surface area contributed by atoms with Gasteiger partial charge in [0.15, 0.2) is 0 Å². The van der Waals surface area contributed by atoms with E-state index in [0.717, 1.165) is 18.7 Å². The van der Waals surface area contributed by atoms with Crippen molar-refractivity contribution in [3.05, 3.63) is 16.3 Å². The van der Waals surface area contributed by atoms with Gasteiger partial charge in [-0.2, -0.15) is 0 Å². The molecule has 0 fully saturated rings. The fraction of sp³-hybridized carbons (Fsp3) is 0.375. The van der Waals surface area contributed by atoms with Gasteiger partial charge in [-0.1, -0.05) is 0 Å². The van der Waals surface area contributed by atoms with Gasteiger partial charge in [-0.25, -0.2) is 0 Å². The van der Waals surface area contributed by atoms with Gasteiger partial charge < -0.3 is 10.6 Å². The number of hydrogen-bond donors (Lipinski definition) is 2. The summed E-state index contributed by atoms with van der Waals surface area (Å²) < 4.78 is 0. The third-order valence-corrected chi connectivity index (χ3v) is 2.39. The van der Waals surface area contributed by atoms with E-state index in [4.69, 9.17) is 0 Å². The van der Waals surface area contributed by atoms with Crippen LogP contribution in [0.3, 0.4) is 0 Å². The predicted molar refractivity (Wildman–Crippen MR) is 51.6 cm³/mol. The molecule has 0 bridgehead atoms. The van der Waals surface area contributed by atoms with Crippen molar-refractivity contribution in [2.24, 2.45) is 0 Å². The second-order valence-corrected chi connectivity index (χ2v) is 3.17. The van der Waals surface area contributed by atoms with Crippen molar-refractivity contribution in [3.63, 3.8) is 0 Å². The fourth-order valence-corrected chi connectivity index (χ4v) is 1.80. The zero-order chi connectivity index (χ0) is 8.81. The van der Waals surface area contributed by atoms with Crippen molar-refractivity contribution in [2.45, 2.75) is 6.42 Å². The van der Waals surface area contributed by atoms with E-state index in [1.54, 1.807) is 11.3 Å². The van der Waals surface area contributed by atoms with Gasteiger partial charge in [-0.05, 0) is 31.0 Å². The lowest BCUT2D eigenvalue weighted by molar-refractivity contribution is -0.105. The Morgan fingerprint density at radius 1 is 1.58 bits per heavy atom. The molecule has 0 saturated heterocycles. The lowest BCUT2D eigenvalue weighted by Crippen LogP contribution is -2.10. The highest BCUT2D eigenvalue weighted by Crippen LogP contribution is 2.20. The van der Waals surface area contributed by atoms with Crippen LogP contribution < -0.4 is 10.6 Å². The number of hydrogen-bond acceptors (Lipinski definition) is 3. The predicted octanol–water partition coefficient (Wildman–Crippen LogP) is 1.08. The van der Waals surface area contributed by atoms with Crippen molar-refractivity contribution in [1.82, 2.24) is 5.32 Å². The molecule has 0 spiro atoms. The van der Waals surface area contributed by atoms with Gasteiger partial charge in [0.25, 0.3) is 0 Å². The Morgan fingerprint density at radius 2 is 2.42 bits per heavy atom. The van der Waals surface area contributed by atoms with Crippen LogP contribution >= 0.6 is 11.3 Å². The Bertz CT molecular complexity index is 247. The number of rotatable bonds is 5. The molecule has 0 aliphatic carbocycles. The summed E-state index contributed by atoms with van der Waals surface area (Å²) in [5, 5.41) is 9.73. The summed E-state index contributed by atoms with van der Waals surface area (Å²) in [7, 11) is 1.92. The first-order chi connectivity index (χ1) is 5.88. The Balaban J connectivity index is 2.57. The smallest absolute Gasteiger partial charge is 0.211 e. The molecular formula is C8H12N2OS. The number of thiophene rings is 1. The Labute approximate surface area is 75.8 Å². The fourth-order valence-electron chi connectivity index (χ4n) is 0.967. The van der Waals surface area contributed by atoms with E-state index in [0.29, 0.717) is 6.41 Å². The van der Waals surface area contributed by atoms with Gasteiger partial charge in [-0.3, -0.25) is 4.79 Å². The normalized spacial score (nSPS) is 9.75. The second-order valence-electron chi connectivity index (χ2n) is 2.43. The van der Waals surface area contributed by atoms with Crippen molar-refractivity contribution in [2.75, 3.05) is 18.9 Å². The molecule has 0 atom stereocenters. The van der Waals surface area contributed by atoms with Crippen LogP contribution in [0.25, 0.3) is 0 Å². The minimum Gasteiger partial charge on any atom is -0.328 e. The molecule has 1 aromatic heterocycles. The molecular weight excluding hydrogens is 172 g/mol. The van der Waals surface area contributed by atoms with Crippen LogP contribution in [0.15, 0.2) is 10.8 Å². The number of nitrogens with one attached hydrogen (secondary N) is 2. The van der Waals surface area contributed by atoms with Crippen LogP contribution in [0.4, 0.5) is 5.69 Å². The zero-order valence-corrected chi connectivity index (χ0v) is 7.78. The molecule has 0 radical (unpaired) electrons. The number of amides is 1. The molecule has 1 amide bonds. The lowest BCUT2D eigenvalue weighted by atomic mass is 10.2. The lowest BCUT2D eigenvalue weighted by Gasteiger charge is -2.00. The van der Waals surface area contributed by atoms with E-state index in [1.807, 2.05) is 12.4 Å².